The molecule has 0 aliphatic rings. The standard InChI is InChI=1S/C17H19BrFNO/c1-4-16(12-5-7-13(21-3)8-6-12)20-17-10-14(18)15(19)9-11(17)2/h5-10,16,20H,4H2,1-3H3. The highest BCUT2D eigenvalue weighted by Crippen LogP contribution is 2.29. The smallest absolute Gasteiger partial charge is 0.137 e. The molecule has 2 aromatic rings. The summed E-state index contributed by atoms with van der Waals surface area (Å²) in [6, 6.07) is 11.5. The summed E-state index contributed by atoms with van der Waals surface area (Å²) < 4.78 is 19.1. The first-order valence-corrected chi connectivity index (χ1v) is 7.70. The Morgan fingerprint density at radius 1 is 1.24 bits per heavy atom. The predicted molar refractivity (Wildman–Crippen MR) is 88.5 cm³/mol. The van der Waals surface area contributed by atoms with Crippen molar-refractivity contribution < 1.29 is 9.13 Å². The minimum absolute atomic E-state index is 0.173. The van der Waals surface area contributed by atoms with Crippen molar-refractivity contribution in [1.29, 1.82) is 0 Å². The molecule has 2 nitrogen and oxygen atoms in total. The number of methoxy groups -OCH3 is 1. The second kappa shape index (κ2) is 6.94. The fourth-order valence-electron chi connectivity index (χ4n) is 2.25. The molecule has 0 saturated carbocycles. The molecule has 1 N–H and O–H groups in total. The number of benzene rings is 2. The zero-order valence-electron chi connectivity index (χ0n) is 12.4. The zero-order chi connectivity index (χ0) is 15.4. The van der Waals surface area contributed by atoms with Gasteiger partial charge < -0.3 is 10.1 Å². The molecule has 0 fully saturated rings. The number of ether oxygens (including phenoxy) is 1. The van der Waals surface area contributed by atoms with Crippen LogP contribution in [0.3, 0.4) is 0 Å². The van der Waals surface area contributed by atoms with E-state index in [1.54, 1.807) is 13.2 Å². The Balaban J connectivity index is 2.24. The van der Waals surface area contributed by atoms with E-state index in [2.05, 4.69) is 28.2 Å². The molecule has 2 rings (SSSR count). The first-order chi connectivity index (χ1) is 10.0. The van der Waals surface area contributed by atoms with Gasteiger partial charge in [-0.05, 0) is 64.7 Å². The highest BCUT2D eigenvalue weighted by molar-refractivity contribution is 9.10. The number of hydrogen-bond acceptors (Lipinski definition) is 2. The molecule has 0 bridgehead atoms. The van der Waals surface area contributed by atoms with Gasteiger partial charge in [-0.15, -0.1) is 0 Å². The first-order valence-electron chi connectivity index (χ1n) is 6.91. The monoisotopic (exact) mass is 351 g/mol. The molecule has 112 valence electrons. The number of anilines is 1. The lowest BCUT2D eigenvalue weighted by molar-refractivity contribution is 0.414. The van der Waals surface area contributed by atoms with Crippen LogP contribution in [-0.2, 0) is 0 Å². The van der Waals surface area contributed by atoms with Crippen LogP contribution in [0.1, 0.15) is 30.5 Å². The highest BCUT2D eigenvalue weighted by atomic mass is 79.9. The number of nitrogens with one attached hydrogen (secondary N) is 1. The van der Waals surface area contributed by atoms with E-state index in [-0.39, 0.29) is 11.9 Å². The van der Waals surface area contributed by atoms with E-state index in [4.69, 9.17) is 4.74 Å². The first kappa shape index (κ1) is 15.8. The van der Waals surface area contributed by atoms with Crippen LogP contribution in [0.5, 0.6) is 5.75 Å². The Hall–Kier alpha value is -1.55. The van der Waals surface area contributed by atoms with E-state index in [1.165, 1.54) is 11.6 Å². The fraction of sp³-hybridized carbons (Fsp3) is 0.294. The Labute approximate surface area is 133 Å². The molecule has 4 heteroatoms. The Morgan fingerprint density at radius 2 is 1.90 bits per heavy atom. The molecule has 1 atom stereocenters. The average molecular weight is 352 g/mol. The van der Waals surface area contributed by atoms with E-state index in [9.17, 15) is 4.39 Å². The van der Waals surface area contributed by atoms with Crippen molar-refractivity contribution in [1.82, 2.24) is 0 Å². The van der Waals surface area contributed by atoms with Gasteiger partial charge >= 0.3 is 0 Å². The van der Waals surface area contributed by atoms with E-state index >= 15 is 0 Å². The molecule has 21 heavy (non-hydrogen) atoms. The molecule has 0 aliphatic carbocycles. The maximum absolute atomic E-state index is 13.5. The summed E-state index contributed by atoms with van der Waals surface area (Å²) in [5, 5.41) is 3.48. The lowest BCUT2D eigenvalue weighted by Crippen LogP contribution is -2.10. The van der Waals surface area contributed by atoms with Crippen molar-refractivity contribution in [2.24, 2.45) is 0 Å². The number of rotatable bonds is 5. The molecule has 0 amide bonds. The number of aryl methyl sites for hydroxylation is 1. The molecular formula is C17H19BrFNO. The second-order valence-electron chi connectivity index (χ2n) is 4.96. The van der Waals surface area contributed by atoms with Crippen LogP contribution >= 0.6 is 15.9 Å². The van der Waals surface area contributed by atoms with E-state index in [0.29, 0.717) is 4.47 Å². The van der Waals surface area contributed by atoms with Gasteiger partial charge in [0, 0.05) is 5.69 Å². The van der Waals surface area contributed by atoms with Gasteiger partial charge in [0.15, 0.2) is 0 Å². The van der Waals surface area contributed by atoms with Crippen LogP contribution < -0.4 is 10.1 Å². The molecular weight excluding hydrogens is 333 g/mol. The van der Waals surface area contributed by atoms with Crippen LogP contribution in [0.2, 0.25) is 0 Å². The van der Waals surface area contributed by atoms with Crippen LogP contribution in [-0.4, -0.2) is 7.11 Å². The van der Waals surface area contributed by atoms with Gasteiger partial charge in [0.05, 0.1) is 17.6 Å². The molecule has 2 aromatic carbocycles. The van der Waals surface area contributed by atoms with Crippen molar-refractivity contribution in [3.05, 3.63) is 57.8 Å². The maximum atomic E-state index is 13.5. The number of halogens is 2. The normalized spacial score (nSPS) is 12.0. The predicted octanol–water partition coefficient (Wildman–Crippen LogP) is 5.47. The van der Waals surface area contributed by atoms with Gasteiger partial charge in [-0.3, -0.25) is 0 Å². The van der Waals surface area contributed by atoms with Gasteiger partial charge in [0.25, 0.3) is 0 Å². The minimum Gasteiger partial charge on any atom is -0.497 e. The SMILES string of the molecule is CCC(Nc1cc(Br)c(F)cc1C)c1ccc(OC)cc1. The Morgan fingerprint density at radius 3 is 2.48 bits per heavy atom. The quantitative estimate of drug-likeness (QED) is 0.771. The van der Waals surface area contributed by atoms with Gasteiger partial charge in [-0.25, -0.2) is 4.39 Å². The minimum atomic E-state index is -0.240. The topological polar surface area (TPSA) is 21.3 Å². The van der Waals surface area contributed by atoms with Crippen molar-refractivity contribution in [3.63, 3.8) is 0 Å². The zero-order valence-corrected chi connectivity index (χ0v) is 14.0. The summed E-state index contributed by atoms with van der Waals surface area (Å²) in [7, 11) is 1.66. The summed E-state index contributed by atoms with van der Waals surface area (Å²) in [5.74, 6) is 0.602. The van der Waals surface area contributed by atoms with E-state index < -0.39 is 0 Å². The van der Waals surface area contributed by atoms with Crippen LogP contribution in [0.25, 0.3) is 0 Å². The summed E-state index contributed by atoms with van der Waals surface area (Å²) in [5.41, 5.74) is 3.01. The molecule has 0 heterocycles. The Bertz CT molecular complexity index is 613. The lowest BCUT2D eigenvalue weighted by atomic mass is 10.0. The van der Waals surface area contributed by atoms with Gasteiger partial charge in [-0.1, -0.05) is 19.1 Å². The largest absolute Gasteiger partial charge is 0.497 e. The Kier molecular flexibility index (Phi) is 5.23. The summed E-state index contributed by atoms with van der Waals surface area (Å²) in [4.78, 5) is 0. The van der Waals surface area contributed by atoms with Crippen molar-refractivity contribution in [2.45, 2.75) is 26.3 Å². The number of hydrogen-bond donors (Lipinski definition) is 1. The summed E-state index contributed by atoms with van der Waals surface area (Å²) in [6.45, 7) is 4.02. The lowest BCUT2D eigenvalue weighted by Gasteiger charge is -2.21. The van der Waals surface area contributed by atoms with E-state index in [1.807, 2.05) is 31.2 Å². The summed E-state index contributed by atoms with van der Waals surface area (Å²) in [6.07, 6.45) is 0.931. The van der Waals surface area contributed by atoms with Crippen LogP contribution in [0.4, 0.5) is 10.1 Å². The second-order valence-corrected chi connectivity index (χ2v) is 5.81. The molecule has 0 saturated heterocycles. The average Bonchev–Trinajstić information content (AvgIpc) is 2.50. The molecule has 1 unspecified atom stereocenters. The third kappa shape index (κ3) is 3.76. The maximum Gasteiger partial charge on any atom is 0.137 e. The molecule has 0 aliphatic heterocycles. The van der Waals surface area contributed by atoms with Crippen molar-refractivity contribution in [3.8, 4) is 5.75 Å². The van der Waals surface area contributed by atoms with Gasteiger partial charge in [-0.2, -0.15) is 0 Å². The van der Waals surface area contributed by atoms with E-state index in [0.717, 1.165) is 23.4 Å². The van der Waals surface area contributed by atoms with Gasteiger partial charge in [0.2, 0.25) is 0 Å². The van der Waals surface area contributed by atoms with Crippen LogP contribution in [0.15, 0.2) is 40.9 Å². The van der Waals surface area contributed by atoms with Gasteiger partial charge in [0.1, 0.15) is 11.6 Å². The third-order valence-electron chi connectivity index (χ3n) is 3.52. The molecule has 0 aromatic heterocycles. The van der Waals surface area contributed by atoms with Crippen LogP contribution in [0, 0.1) is 12.7 Å². The third-order valence-corrected chi connectivity index (χ3v) is 4.13. The fourth-order valence-corrected chi connectivity index (χ4v) is 2.59. The molecule has 0 spiro atoms. The highest BCUT2D eigenvalue weighted by Gasteiger charge is 2.12. The van der Waals surface area contributed by atoms with Crippen molar-refractivity contribution >= 4 is 21.6 Å². The summed E-state index contributed by atoms with van der Waals surface area (Å²) >= 11 is 3.24. The molecule has 0 radical (unpaired) electrons. The van der Waals surface area contributed by atoms with Crippen molar-refractivity contribution in [2.75, 3.05) is 12.4 Å².